The average Bonchev–Trinajstić information content (AvgIpc) is 2.70. The Labute approximate surface area is 165 Å². The molecule has 1 aromatic heterocycles. The van der Waals surface area contributed by atoms with E-state index >= 15 is 0 Å². The number of nitrogens with zero attached hydrogens (tertiary/aromatic N) is 2. The lowest BCUT2D eigenvalue weighted by Gasteiger charge is -2.08. The van der Waals surface area contributed by atoms with Gasteiger partial charge in [-0.15, -0.1) is 0 Å². The molecular formula is C20H18ClN3O4. The van der Waals surface area contributed by atoms with Gasteiger partial charge in [0.1, 0.15) is 6.54 Å². The van der Waals surface area contributed by atoms with Gasteiger partial charge in [-0.2, -0.15) is 0 Å². The van der Waals surface area contributed by atoms with Crippen LogP contribution in [0.3, 0.4) is 0 Å². The third-order valence-corrected chi connectivity index (χ3v) is 4.30. The van der Waals surface area contributed by atoms with Gasteiger partial charge in [0.15, 0.2) is 6.61 Å². The number of carbonyl (C=O) groups excluding carboxylic acids is 2. The van der Waals surface area contributed by atoms with E-state index in [-0.39, 0.29) is 12.1 Å². The molecule has 0 aliphatic rings. The number of fused-ring (bicyclic) bond motifs is 1. The molecule has 0 atom stereocenters. The lowest BCUT2D eigenvalue weighted by atomic mass is 10.1. The molecule has 0 aliphatic heterocycles. The molecule has 2 aromatic carbocycles. The van der Waals surface area contributed by atoms with Crippen LogP contribution in [0.15, 0.2) is 59.7 Å². The van der Waals surface area contributed by atoms with E-state index in [4.69, 9.17) is 16.3 Å². The number of ether oxygens (including phenoxy) is 1. The zero-order valence-electron chi connectivity index (χ0n) is 14.9. The first kappa shape index (κ1) is 19.6. The monoisotopic (exact) mass is 399 g/mol. The maximum atomic E-state index is 12.3. The Balaban J connectivity index is 1.45. The molecule has 1 heterocycles. The van der Waals surface area contributed by atoms with Gasteiger partial charge < -0.3 is 10.1 Å². The molecule has 0 radical (unpaired) electrons. The van der Waals surface area contributed by atoms with Crippen molar-refractivity contribution in [1.82, 2.24) is 14.9 Å². The smallest absolute Gasteiger partial charge is 0.326 e. The summed E-state index contributed by atoms with van der Waals surface area (Å²) in [6.45, 7) is -0.310. The average molecular weight is 400 g/mol. The van der Waals surface area contributed by atoms with Crippen LogP contribution in [-0.4, -0.2) is 34.6 Å². The topological polar surface area (TPSA) is 90.3 Å². The predicted molar refractivity (Wildman–Crippen MR) is 105 cm³/mol. The van der Waals surface area contributed by atoms with Crippen molar-refractivity contribution in [2.75, 3.05) is 13.2 Å². The van der Waals surface area contributed by atoms with E-state index in [1.807, 2.05) is 12.1 Å². The van der Waals surface area contributed by atoms with Crippen molar-refractivity contribution in [2.24, 2.45) is 0 Å². The highest BCUT2D eigenvalue weighted by atomic mass is 35.5. The summed E-state index contributed by atoms with van der Waals surface area (Å²) in [6.07, 6.45) is 1.92. The molecule has 1 amide bonds. The number of hydrogen-bond donors (Lipinski definition) is 1. The summed E-state index contributed by atoms with van der Waals surface area (Å²) in [5.41, 5.74) is 1.25. The van der Waals surface area contributed by atoms with Crippen molar-refractivity contribution in [3.8, 4) is 0 Å². The van der Waals surface area contributed by atoms with Gasteiger partial charge >= 0.3 is 5.97 Å². The van der Waals surface area contributed by atoms with E-state index in [0.717, 1.165) is 10.1 Å². The number of halogens is 1. The summed E-state index contributed by atoms with van der Waals surface area (Å²) >= 11 is 5.82. The third-order valence-electron chi connectivity index (χ3n) is 4.04. The van der Waals surface area contributed by atoms with Crippen LogP contribution < -0.4 is 10.9 Å². The second kappa shape index (κ2) is 9.14. The zero-order chi connectivity index (χ0) is 19.9. The van der Waals surface area contributed by atoms with Gasteiger partial charge in [-0.05, 0) is 36.2 Å². The molecule has 7 nitrogen and oxygen atoms in total. The van der Waals surface area contributed by atoms with Crippen LogP contribution in [0.5, 0.6) is 0 Å². The maximum Gasteiger partial charge on any atom is 0.326 e. The van der Waals surface area contributed by atoms with E-state index < -0.39 is 18.5 Å². The van der Waals surface area contributed by atoms with Gasteiger partial charge in [0.05, 0.1) is 17.2 Å². The number of aromatic nitrogens is 2. The van der Waals surface area contributed by atoms with E-state index in [1.54, 1.807) is 36.4 Å². The first-order chi connectivity index (χ1) is 13.5. The summed E-state index contributed by atoms with van der Waals surface area (Å²) in [6, 6.07) is 14.2. The summed E-state index contributed by atoms with van der Waals surface area (Å²) < 4.78 is 6.09. The third kappa shape index (κ3) is 5.17. The Hall–Kier alpha value is -3.19. The van der Waals surface area contributed by atoms with Crippen LogP contribution in [-0.2, 0) is 27.3 Å². The van der Waals surface area contributed by atoms with Gasteiger partial charge in [-0.25, -0.2) is 4.98 Å². The van der Waals surface area contributed by atoms with Crippen molar-refractivity contribution in [3.05, 3.63) is 75.8 Å². The number of nitrogens with one attached hydrogen (secondary N) is 1. The Morgan fingerprint density at radius 1 is 1.11 bits per heavy atom. The Bertz CT molecular complexity index is 1050. The number of amides is 1. The fourth-order valence-corrected chi connectivity index (χ4v) is 2.72. The molecule has 0 fully saturated rings. The molecule has 144 valence electrons. The molecule has 0 aliphatic carbocycles. The SMILES string of the molecule is O=C(COC(=O)Cn1cnc2ccccc2c1=O)NCCc1ccc(Cl)cc1. The summed E-state index contributed by atoms with van der Waals surface area (Å²) in [5, 5.41) is 3.74. The number of esters is 1. The minimum absolute atomic E-state index is 0.311. The van der Waals surface area contributed by atoms with E-state index in [9.17, 15) is 14.4 Å². The van der Waals surface area contributed by atoms with Crippen LogP contribution in [0, 0.1) is 0 Å². The molecule has 3 rings (SSSR count). The minimum atomic E-state index is -0.688. The second-order valence-electron chi connectivity index (χ2n) is 6.08. The fraction of sp³-hybridized carbons (Fsp3) is 0.200. The van der Waals surface area contributed by atoms with Gasteiger partial charge in [0.2, 0.25) is 0 Å². The minimum Gasteiger partial charge on any atom is -0.454 e. The van der Waals surface area contributed by atoms with Crippen molar-refractivity contribution in [1.29, 1.82) is 0 Å². The zero-order valence-corrected chi connectivity index (χ0v) is 15.7. The highest BCUT2D eigenvalue weighted by molar-refractivity contribution is 6.30. The van der Waals surface area contributed by atoms with Crippen molar-refractivity contribution in [2.45, 2.75) is 13.0 Å². The lowest BCUT2D eigenvalue weighted by Crippen LogP contribution is -2.32. The number of para-hydroxylation sites is 1. The number of carbonyl (C=O) groups is 2. The molecule has 0 saturated carbocycles. The molecule has 28 heavy (non-hydrogen) atoms. The van der Waals surface area contributed by atoms with Crippen molar-refractivity contribution >= 4 is 34.4 Å². The maximum absolute atomic E-state index is 12.3. The molecule has 1 N–H and O–H groups in total. The number of rotatable bonds is 7. The van der Waals surface area contributed by atoms with E-state index in [1.165, 1.54) is 6.33 Å². The van der Waals surface area contributed by atoms with Crippen LogP contribution in [0.2, 0.25) is 5.02 Å². The van der Waals surface area contributed by atoms with Crippen LogP contribution >= 0.6 is 11.6 Å². The predicted octanol–water partition coefficient (Wildman–Crippen LogP) is 1.95. The first-order valence-corrected chi connectivity index (χ1v) is 9.01. The van der Waals surface area contributed by atoms with Crippen LogP contribution in [0.25, 0.3) is 10.9 Å². The highest BCUT2D eigenvalue weighted by Gasteiger charge is 2.11. The molecule has 0 unspecified atom stereocenters. The van der Waals surface area contributed by atoms with Gasteiger partial charge in [-0.1, -0.05) is 35.9 Å². The Morgan fingerprint density at radius 2 is 1.86 bits per heavy atom. The first-order valence-electron chi connectivity index (χ1n) is 8.64. The summed E-state index contributed by atoms with van der Waals surface area (Å²) in [5.74, 6) is -1.10. The van der Waals surface area contributed by atoms with Crippen LogP contribution in [0.1, 0.15) is 5.56 Å². The Morgan fingerprint density at radius 3 is 2.64 bits per heavy atom. The van der Waals surface area contributed by atoms with Gasteiger partial charge in [0.25, 0.3) is 11.5 Å². The highest BCUT2D eigenvalue weighted by Crippen LogP contribution is 2.09. The van der Waals surface area contributed by atoms with Gasteiger partial charge in [-0.3, -0.25) is 19.0 Å². The largest absolute Gasteiger partial charge is 0.454 e. The van der Waals surface area contributed by atoms with E-state index in [0.29, 0.717) is 28.9 Å². The quantitative estimate of drug-likeness (QED) is 0.613. The van der Waals surface area contributed by atoms with Crippen LogP contribution in [0.4, 0.5) is 0 Å². The molecule has 3 aromatic rings. The summed E-state index contributed by atoms with van der Waals surface area (Å²) in [7, 11) is 0. The standard InChI is InChI=1S/C20H18ClN3O4/c21-15-7-5-14(6-8-15)9-10-22-18(25)12-28-19(26)11-24-13-23-17-4-2-1-3-16(17)20(24)27/h1-8,13H,9-12H2,(H,22,25). The van der Waals surface area contributed by atoms with Crippen molar-refractivity contribution < 1.29 is 14.3 Å². The molecule has 0 spiro atoms. The lowest BCUT2D eigenvalue weighted by molar-refractivity contribution is -0.149. The number of hydrogen-bond acceptors (Lipinski definition) is 5. The molecule has 0 bridgehead atoms. The normalized spacial score (nSPS) is 10.6. The number of benzene rings is 2. The Kier molecular flexibility index (Phi) is 6.39. The molecular weight excluding hydrogens is 382 g/mol. The summed E-state index contributed by atoms with van der Waals surface area (Å²) in [4.78, 5) is 40.2. The molecule has 8 heteroatoms. The van der Waals surface area contributed by atoms with Gasteiger partial charge in [0, 0.05) is 11.6 Å². The second-order valence-corrected chi connectivity index (χ2v) is 6.52. The van der Waals surface area contributed by atoms with Crippen molar-refractivity contribution in [3.63, 3.8) is 0 Å². The fourth-order valence-electron chi connectivity index (χ4n) is 2.60. The molecule has 0 saturated heterocycles. The van der Waals surface area contributed by atoms with E-state index in [2.05, 4.69) is 10.3 Å².